The molecule has 3 heteroatoms. The second-order valence-electron chi connectivity index (χ2n) is 2.47. The Labute approximate surface area is 67.4 Å². The second kappa shape index (κ2) is 5.89. The summed E-state index contributed by atoms with van der Waals surface area (Å²) in [4.78, 5) is 14.5. The van der Waals surface area contributed by atoms with Crippen LogP contribution in [0.5, 0.6) is 0 Å². The molecular formula is C8H15NO2. The van der Waals surface area contributed by atoms with Gasteiger partial charge in [-0.2, -0.15) is 0 Å². The highest BCUT2D eigenvalue weighted by Gasteiger charge is 1.98. The third-order valence-corrected chi connectivity index (χ3v) is 1.27. The second-order valence-corrected chi connectivity index (χ2v) is 2.47. The molecule has 0 aliphatic carbocycles. The maximum absolute atomic E-state index is 9.81. The summed E-state index contributed by atoms with van der Waals surface area (Å²) in [6.45, 7) is 6.18. The highest BCUT2D eigenvalue weighted by molar-refractivity contribution is 5.82. The highest BCUT2D eigenvalue weighted by Crippen LogP contribution is 1.96. The van der Waals surface area contributed by atoms with Gasteiger partial charge in [-0.05, 0) is 13.8 Å². The van der Waals surface area contributed by atoms with E-state index in [0.29, 0.717) is 6.42 Å². The van der Waals surface area contributed by atoms with Gasteiger partial charge in [0.15, 0.2) is 0 Å². The van der Waals surface area contributed by atoms with Crippen molar-refractivity contribution in [1.29, 1.82) is 0 Å². The first kappa shape index (κ1) is 10.1. The van der Waals surface area contributed by atoms with E-state index in [4.69, 9.17) is 0 Å². The first-order valence-corrected chi connectivity index (χ1v) is 3.81. The molecule has 0 radical (unpaired) electrons. The van der Waals surface area contributed by atoms with Crippen molar-refractivity contribution in [2.75, 3.05) is 6.61 Å². The van der Waals surface area contributed by atoms with Crippen molar-refractivity contribution in [1.82, 2.24) is 0 Å². The van der Waals surface area contributed by atoms with E-state index in [1.54, 1.807) is 6.92 Å². The number of rotatable bonds is 1. The van der Waals surface area contributed by atoms with Crippen molar-refractivity contribution >= 4 is 11.5 Å². The molecule has 0 amide bonds. The average Bonchev–Trinajstić information content (AvgIpc) is 2.41. The van der Waals surface area contributed by atoms with E-state index in [9.17, 15) is 4.79 Å². The molecule has 0 aromatic heterocycles. The molecule has 3 nitrogen and oxygen atoms in total. The Bertz CT molecular complexity index is 152. The molecule has 1 heterocycles. The number of carbonyl (C=O) groups excluding carboxylic acids is 1. The zero-order valence-electron chi connectivity index (χ0n) is 7.39. The number of carbonyl (C=O) groups is 1. The maximum atomic E-state index is 9.81. The molecule has 0 N–H and O–H groups in total. The minimum absolute atomic E-state index is 0.255. The zero-order chi connectivity index (χ0) is 8.69. The molecule has 1 aliphatic heterocycles. The predicted molar refractivity (Wildman–Crippen MR) is 44.7 cm³/mol. The number of hydrogen-bond acceptors (Lipinski definition) is 3. The van der Waals surface area contributed by atoms with Crippen LogP contribution in [0.15, 0.2) is 5.16 Å². The summed E-state index contributed by atoms with van der Waals surface area (Å²) in [7, 11) is 0. The summed E-state index contributed by atoms with van der Waals surface area (Å²) >= 11 is 0. The van der Waals surface area contributed by atoms with Crippen molar-refractivity contribution in [2.45, 2.75) is 33.6 Å². The fourth-order valence-corrected chi connectivity index (χ4v) is 0.395. The molecule has 0 aromatic carbocycles. The van der Waals surface area contributed by atoms with Gasteiger partial charge in [0.1, 0.15) is 12.4 Å². The summed E-state index contributed by atoms with van der Waals surface area (Å²) in [5.41, 5.74) is 1.11. The Morgan fingerprint density at radius 1 is 1.73 bits per heavy atom. The third-order valence-electron chi connectivity index (χ3n) is 1.27. The minimum atomic E-state index is 0.255. The van der Waals surface area contributed by atoms with Crippen molar-refractivity contribution in [3.63, 3.8) is 0 Å². The summed E-state index contributed by atoms with van der Waals surface area (Å²) in [5.74, 6) is 0.255. The third kappa shape index (κ3) is 7.03. The van der Waals surface area contributed by atoms with Gasteiger partial charge in [-0.3, -0.25) is 0 Å². The molecule has 0 atom stereocenters. The molecule has 0 bridgehead atoms. The van der Waals surface area contributed by atoms with Crippen molar-refractivity contribution < 1.29 is 9.63 Å². The molecular weight excluding hydrogens is 142 g/mol. The molecule has 1 aliphatic rings. The van der Waals surface area contributed by atoms with Gasteiger partial charge >= 0.3 is 0 Å². The van der Waals surface area contributed by atoms with Crippen LogP contribution in [0.25, 0.3) is 0 Å². The summed E-state index contributed by atoms with van der Waals surface area (Å²) in [6, 6.07) is 0. The van der Waals surface area contributed by atoms with Crippen LogP contribution in [-0.4, -0.2) is 18.1 Å². The van der Waals surface area contributed by atoms with E-state index in [2.05, 4.69) is 9.99 Å². The topological polar surface area (TPSA) is 38.7 Å². The van der Waals surface area contributed by atoms with Gasteiger partial charge in [-0.1, -0.05) is 12.1 Å². The van der Waals surface area contributed by atoms with Crippen molar-refractivity contribution in [3.8, 4) is 0 Å². The molecule has 0 fully saturated rings. The van der Waals surface area contributed by atoms with Crippen LogP contribution in [0.1, 0.15) is 33.6 Å². The highest BCUT2D eigenvalue weighted by atomic mass is 16.6. The Balaban J connectivity index is 0.000000187. The molecule has 0 saturated carbocycles. The SMILES string of the molecule is CC1=NOCC1.CCC(C)=O. The van der Waals surface area contributed by atoms with Crippen molar-refractivity contribution in [3.05, 3.63) is 0 Å². The van der Waals surface area contributed by atoms with E-state index in [1.807, 2.05) is 13.8 Å². The standard InChI is InChI=1S/C4H7NO.C4H8O/c1-4-2-3-6-5-4;1-3-4(2)5/h2-3H2,1H3;3H2,1-2H3. The number of Topliss-reactive ketones (excluding diaryl/α,β-unsaturated/α-hetero) is 1. The molecule has 0 spiro atoms. The molecule has 1 rings (SSSR count). The van der Waals surface area contributed by atoms with Crippen LogP contribution in [0.3, 0.4) is 0 Å². The van der Waals surface area contributed by atoms with Gasteiger partial charge in [0, 0.05) is 12.8 Å². The smallest absolute Gasteiger partial charge is 0.129 e. The van der Waals surface area contributed by atoms with Crippen molar-refractivity contribution in [2.24, 2.45) is 5.16 Å². The lowest BCUT2D eigenvalue weighted by atomic mass is 10.3. The summed E-state index contributed by atoms with van der Waals surface area (Å²) in [5, 5.41) is 3.65. The average molecular weight is 157 g/mol. The monoisotopic (exact) mass is 157 g/mol. The molecule has 11 heavy (non-hydrogen) atoms. The Morgan fingerprint density at radius 2 is 2.27 bits per heavy atom. The largest absolute Gasteiger partial charge is 0.395 e. The van der Waals surface area contributed by atoms with Crippen LogP contribution in [0, 0.1) is 0 Å². The summed E-state index contributed by atoms with van der Waals surface area (Å²) < 4.78 is 0. The Kier molecular flexibility index (Phi) is 5.43. The maximum Gasteiger partial charge on any atom is 0.129 e. The fourth-order valence-electron chi connectivity index (χ4n) is 0.395. The Hall–Kier alpha value is -0.860. The first-order chi connectivity index (χ1) is 5.16. The predicted octanol–water partition coefficient (Wildman–Crippen LogP) is 1.77. The zero-order valence-corrected chi connectivity index (χ0v) is 7.39. The lowest BCUT2D eigenvalue weighted by molar-refractivity contribution is -0.116. The lowest BCUT2D eigenvalue weighted by Crippen LogP contribution is -1.82. The quantitative estimate of drug-likeness (QED) is 0.581. The minimum Gasteiger partial charge on any atom is -0.395 e. The van der Waals surface area contributed by atoms with Gasteiger partial charge in [0.05, 0.1) is 5.71 Å². The number of oxime groups is 1. The van der Waals surface area contributed by atoms with E-state index in [-0.39, 0.29) is 5.78 Å². The van der Waals surface area contributed by atoms with Gasteiger partial charge in [0.2, 0.25) is 0 Å². The van der Waals surface area contributed by atoms with Crippen LogP contribution in [0.2, 0.25) is 0 Å². The number of ketones is 1. The molecule has 0 saturated heterocycles. The van der Waals surface area contributed by atoms with Gasteiger partial charge in [-0.25, -0.2) is 0 Å². The number of hydrogen-bond donors (Lipinski definition) is 0. The molecule has 64 valence electrons. The summed E-state index contributed by atoms with van der Waals surface area (Å²) in [6.07, 6.45) is 1.68. The lowest BCUT2D eigenvalue weighted by Gasteiger charge is -1.76. The number of nitrogens with zero attached hydrogens (tertiary/aromatic N) is 1. The molecule has 0 unspecified atom stereocenters. The first-order valence-electron chi connectivity index (χ1n) is 3.81. The van der Waals surface area contributed by atoms with E-state index in [0.717, 1.165) is 18.7 Å². The van der Waals surface area contributed by atoms with E-state index >= 15 is 0 Å². The van der Waals surface area contributed by atoms with Crippen LogP contribution in [0.4, 0.5) is 0 Å². The molecule has 0 aromatic rings. The normalized spacial score (nSPS) is 14.3. The van der Waals surface area contributed by atoms with Crippen LogP contribution < -0.4 is 0 Å². The van der Waals surface area contributed by atoms with E-state index in [1.165, 1.54) is 0 Å². The van der Waals surface area contributed by atoms with Gasteiger partial charge in [-0.15, -0.1) is 0 Å². The van der Waals surface area contributed by atoms with Crippen LogP contribution in [-0.2, 0) is 9.63 Å². The van der Waals surface area contributed by atoms with Gasteiger partial charge in [0.25, 0.3) is 0 Å². The van der Waals surface area contributed by atoms with Gasteiger partial charge < -0.3 is 9.63 Å². The van der Waals surface area contributed by atoms with Crippen LogP contribution >= 0.6 is 0 Å². The Morgan fingerprint density at radius 3 is 2.36 bits per heavy atom. The van der Waals surface area contributed by atoms with E-state index < -0.39 is 0 Å². The fraction of sp³-hybridized carbons (Fsp3) is 0.750.